The first-order valence-corrected chi connectivity index (χ1v) is 27.3. The van der Waals surface area contributed by atoms with Crippen LogP contribution in [-0.4, -0.2) is 93.8 Å². The maximum absolute atomic E-state index is 13.6. The number of aryl methyl sites for hydroxylation is 2. The summed E-state index contributed by atoms with van der Waals surface area (Å²) >= 11 is 11.8. The summed E-state index contributed by atoms with van der Waals surface area (Å²) in [6.45, 7) is 10.6. The molecule has 7 rings (SSSR count). The Morgan fingerprint density at radius 1 is 0.630 bits per heavy atom. The smallest absolute Gasteiger partial charge is 0.242 e. The predicted octanol–water partition coefficient (Wildman–Crippen LogP) is 8.67. The molecule has 0 radical (unpaired) electrons. The van der Waals surface area contributed by atoms with Crippen molar-refractivity contribution < 1.29 is 31.1 Å². The first kappa shape index (κ1) is 55.5. The van der Waals surface area contributed by atoms with Crippen LogP contribution in [0.5, 0.6) is 11.5 Å². The molecular formula is C52H58Cl2N10O7S2. The molecule has 0 aliphatic rings. The fraction of sp³-hybridized carbons (Fsp3) is 0.308. The van der Waals surface area contributed by atoms with Crippen molar-refractivity contribution in [1.29, 1.82) is 0 Å². The quantitative estimate of drug-likeness (QED) is 0.0466. The number of methoxy groups -OCH3 is 2. The van der Waals surface area contributed by atoms with E-state index in [-0.39, 0.29) is 23.9 Å². The second-order valence-electron chi connectivity index (χ2n) is 17.3. The van der Waals surface area contributed by atoms with E-state index in [9.17, 15) is 21.6 Å². The first-order chi connectivity index (χ1) is 34.8. The van der Waals surface area contributed by atoms with Crippen molar-refractivity contribution >= 4 is 60.3 Å². The van der Waals surface area contributed by atoms with Crippen LogP contribution >= 0.6 is 23.2 Å². The number of aromatic nitrogens is 7. The SMILES string of the molecule is COc1cccc(C)c1-n1c(Cc2ccccc2)nnc1CS(=O)(=O)[C@@H](C)[C@H](C)c1ncc(Cl)cn1.COc1cccc(C)c1N=C(CS(=O)(=O)[C@@H](C)[C@H](C)c1ncc(Cl)cn1)NNC(=O)Cc1ccccc1. The number of nitrogens with one attached hydrogen (secondary N) is 2. The summed E-state index contributed by atoms with van der Waals surface area (Å²) in [6.07, 6.45) is 6.40. The Balaban J connectivity index is 0.000000238. The molecule has 4 aromatic carbocycles. The van der Waals surface area contributed by atoms with Gasteiger partial charge in [-0.3, -0.25) is 20.2 Å². The summed E-state index contributed by atoms with van der Waals surface area (Å²) in [5.41, 5.74) is 10.0. The average Bonchev–Trinajstić information content (AvgIpc) is 3.75. The number of hydrogen-bond acceptors (Lipinski definition) is 14. The van der Waals surface area contributed by atoms with Crippen molar-refractivity contribution in [3.63, 3.8) is 0 Å². The lowest BCUT2D eigenvalue weighted by Crippen LogP contribution is -2.46. The number of amidine groups is 1. The number of nitrogens with zero attached hydrogens (tertiary/aromatic N) is 8. The molecule has 0 aliphatic heterocycles. The van der Waals surface area contributed by atoms with Crippen molar-refractivity contribution in [2.24, 2.45) is 4.99 Å². The number of aliphatic imine (C=N–C) groups is 1. The van der Waals surface area contributed by atoms with E-state index in [0.29, 0.717) is 57.0 Å². The molecule has 3 heterocycles. The Kier molecular flexibility index (Phi) is 19.2. The highest BCUT2D eigenvalue weighted by Gasteiger charge is 2.33. The summed E-state index contributed by atoms with van der Waals surface area (Å²) in [5, 5.41) is 7.91. The van der Waals surface area contributed by atoms with E-state index in [1.54, 1.807) is 40.9 Å². The molecule has 2 N–H and O–H groups in total. The summed E-state index contributed by atoms with van der Waals surface area (Å²) in [7, 11) is -4.35. The molecular weight excluding hydrogens is 1010 g/mol. The van der Waals surface area contributed by atoms with Crippen LogP contribution < -0.4 is 20.3 Å². The maximum atomic E-state index is 13.6. The van der Waals surface area contributed by atoms with Crippen molar-refractivity contribution in [2.75, 3.05) is 20.0 Å². The lowest BCUT2D eigenvalue weighted by Gasteiger charge is -2.20. The highest BCUT2D eigenvalue weighted by atomic mass is 35.5. The zero-order valence-corrected chi connectivity index (χ0v) is 44.8. The van der Waals surface area contributed by atoms with E-state index in [4.69, 9.17) is 32.7 Å². The summed E-state index contributed by atoms with van der Waals surface area (Å²) in [5.74, 6) is 0.803. The molecule has 0 saturated carbocycles. The number of carbonyl (C=O) groups excluding carboxylic acids is 1. The Labute approximate surface area is 436 Å². The summed E-state index contributed by atoms with van der Waals surface area (Å²) in [4.78, 5) is 33.9. The fourth-order valence-corrected chi connectivity index (χ4v) is 10.9. The molecule has 384 valence electrons. The lowest BCUT2D eigenvalue weighted by atomic mass is 10.1. The predicted molar refractivity (Wildman–Crippen MR) is 284 cm³/mol. The Morgan fingerprint density at radius 3 is 1.67 bits per heavy atom. The third-order valence-corrected chi connectivity index (χ3v) is 17.0. The van der Waals surface area contributed by atoms with Crippen molar-refractivity contribution in [1.82, 2.24) is 45.6 Å². The van der Waals surface area contributed by atoms with Gasteiger partial charge in [-0.05, 0) is 62.1 Å². The minimum atomic E-state index is -3.77. The molecule has 17 nitrogen and oxygen atoms in total. The van der Waals surface area contributed by atoms with Gasteiger partial charge in [-0.15, -0.1) is 10.2 Å². The number of amides is 1. The zero-order chi connectivity index (χ0) is 52.9. The molecule has 0 spiro atoms. The van der Waals surface area contributed by atoms with E-state index >= 15 is 0 Å². The number of halogens is 2. The number of carbonyl (C=O) groups is 1. The molecule has 73 heavy (non-hydrogen) atoms. The van der Waals surface area contributed by atoms with Gasteiger partial charge in [0.15, 0.2) is 25.5 Å². The topological polar surface area (TPSA) is 222 Å². The van der Waals surface area contributed by atoms with Crippen LogP contribution in [-0.2, 0) is 43.1 Å². The van der Waals surface area contributed by atoms with E-state index in [0.717, 1.165) is 27.9 Å². The molecule has 3 aromatic heterocycles. The van der Waals surface area contributed by atoms with Gasteiger partial charge in [0.25, 0.3) is 0 Å². The highest BCUT2D eigenvalue weighted by Crippen LogP contribution is 2.33. The molecule has 0 aliphatic carbocycles. The molecule has 7 aromatic rings. The van der Waals surface area contributed by atoms with Gasteiger partial charge in [-0.2, -0.15) is 0 Å². The van der Waals surface area contributed by atoms with E-state index in [1.165, 1.54) is 31.9 Å². The summed E-state index contributed by atoms with van der Waals surface area (Å²) < 4.78 is 66.9. The number of rotatable bonds is 18. The fourth-order valence-electron chi connectivity index (χ4n) is 7.61. The molecule has 1 amide bonds. The number of hydrazine groups is 1. The second-order valence-corrected chi connectivity index (χ2v) is 22.9. The van der Waals surface area contributed by atoms with Crippen LogP contribution in [0.3, 0.4) is 0 Å². The number of benzene rings is 4. The first-order valence-electron chi connectivity index (χ1n) is 23.1. The van der Waals surface area contributed by atoms with Gasteiger partial charge < -0.3 is 9.47 Å². The van der Waals surface area contributed by atoms with Gasteiger partial charge in [0.2, 0.25) is 5.91 Å². The van der Waals surface area contributed by atoms with Crippen LogP contribution in [0.15, 0.2) is 127 Å². The Bertz CT molecular complexity index is 3220. The number of hydrogen-bond donors (Lipinski definition) is 2. The highest BCUT2D eigenvalue weighted by molar-refractivity contribution is 7.92. The molecule has 4 atom stereocenters. The number of ether oxygens (including phenoxy) is 2. The van der Waals surface area contributed by atoms with Gasteiger partial charge in [0.05, 0.1) is 46.9 Å². The Hall–Kier alpha value is -6.80. The van der Waals surface area contributed by atoms with Crippen LogP contribution in [0.2, 0.25) is 10.0 Å². The molecule has 0 unspecified atom stereocenters. The zero-order valence-electron chi connectivity index (χ0n) is 41.7. The minimum Gasteiger partial charge on any atom is -0.495 e. The molecule has 0 saturated heterocycles. The maximum Gasteiger partial charge on any atom is 0.242 e. The van der Waals surface area contributed by atoms with Crippen molar-refractivity contribution in [3.05, 3.63) is 177 Å². The van der Waals surface area contributed by atoms with E-state index < -0.39 is 47.8 Å². The van der Waals surface area contributed by atoms with Crippen molar-refractivity contribution in [3.8, 4) is 17.2 Å². The lowest BCUT2D eigenvalue weighted by molar-refractivity contribution is -0.121. The largest absolute Gasteiger partial charge is 0.495 e. The third-order valence-electron chi connectivity index (χ3n) is 12.2. The standard InChI is InChI=1S/C26H30ClN5O4S.C26H28ClN5O3S/c1-17-9-8-12-22(36-4)25(17)30-23(31-32-24(33)13-20-10-6-5-7-11-20)16-37(34,35)19(3)18(2)26-28-14-21(27)15-29-26;1-17-9-8-12-22(35-4)25(17)32-23(13-20-10-6-5-7-11-20)30-31-24(32)16-36(33,34)19(3)18(2)26-28-14-21(27)15-29-26/h5-12,14-15,18-19H,13,16H2,1-4H3,(H,30,31)(H,32,33);5-12,14-15,18-19H,13,16H2,1-4H3/t2*18-,19-/m00/s1. The van der Waals surface area contributed by atoms with Gasteiger partial charge in [-0.1, -0.05) is 122 Å². The molecule has 21 heteroatoms. The van der Waals surface area contributed by atoms with E-state index in [2.05, 4.69) is 46.0 Å². The van der Waals surface area contributed by atoms with Crippen LogP contribution in [0.4, 0.5) is 5.69 Å². The number of sulfone groups is 2. The van der Waals surface area contributed by atoms with Gasteiger partial charge >= 0.3 is 0 Å². The second kappa shape index (κ2) is 25.2. The van der Waals surface area contributed by atoms with Crippen LogP contribution in [0, 0.1) is 13.8 Å². The van der Waals surface area contributed by atoms with Crippen LogP contribution in [0.25, 0.3) is 5.69 Å². The monoisotopic (exact) mass is 1070 g/mol. The number of para-hydroxylation sites is 2. The summed E-state index contributed by atoms with van der Waals surface area (Å²) in [6, 6.07) is 30.1. The van der Waals surface area contributed by atoms with Gasteiger partial charge in [0, 0.05) is 43.0 Å². The minimum absolute atomic E-state index is 0.0464. The van der Waals surface area contributed by atoms with Gasteiger partial charge in [-0.25, -0.2) is 41.8 Å². The average molecular weight is 1070 g/mol. The third kappa shape index (κ3) is 14.7. The van der Waals surface area contributed by atoms with E-state index in [1.807, 2.05) is 109 Å². The molecule has 0 fully saturated rings. The molecule has 0 bridgehead atoms. The van der Waals surface area contributed by atoms with Gasteiger partial charge in [0.1, 0.15) is 52.0 Å². The van der Waals surface area contributed by atoms with Crippen molar-refractivity contribution in [2.45, 2.75) is 82.5 Å². The van der Waals surface area contributed by atoms with Crippen LogP contribution in [0.1, 0.15) is 85.1 Å². The Morgan fingerprint density at radius 2 is 1.12 bits per heavy atom. The normalized spacial score (nSPS) is 13.4.